The summed E-state index contributed by atoms with van der Waals surface area (Å²) in [4.78, 5) is 9.83. The maximum Gasteiger partial charge on any atom is 0.455 e. The van der Waals surface area contributed by atoms with Crippen molar-refractivity contribution in [2.24, 2.45) is 10.3 Å². The van der Waals surface area contributed by atoms with Gasteiger partial charge in [-0.15, -0.1) is 4.85 Å². The Morgan fingerprint density at radius 1 is 1.86 bits per heavy atom. The van der Waals surface area contributed by atoms with Crippen molar-refractivity contribution in [1.82, 2.24) is 0 Å². The molecule has 5 nitrogen and oxygen atoms in total. The van der Waals surface area contributed by atoms with E-state index in [4.69, 9.17) is 0 Å². The molecule has 0 N–H and O–H groups in total. The zero-order valence-electron chi connectivity index (χ0n) is 3.16. The summed E-state index contributed by atoms with van der Waals surface area (Å²) in [5.74, 6) is -0.727. The molecule has 0 spiro atoms. The highest BCUT2D eigenvalue weighted by molar-refractivity contribution is 6.25. The van der Waals surface area contributed by atoms with Crippen LogP contribution >= 0.6 is 0 Å². The third kappa shape index (κ3) is 0.594. The Kier molecular flexibility index (Phi) is 0.619. The van der Waals surface area contributed by atoms with Crippen LogP contribution in [0.1, 0.15) is 0 Å². The van der Waals surface area contributed by atoms with E-state index in [-0.39, 0.29) is 4.85 Å². The fraction of sp³-hybridized carbons (Fsp3) is 0. The molecule has 35 valence electrons. The van der Waals surface area contributed by atoms with E-state index in [0.29, 0.717) is 0 Å². The number of rotatable bonds is 0. The molecule has 1 rings (SSSR count). The third-order valence-corrected chi connectivity index (χ3v) is 0.408. The summed E-state index contributed by atoms with van der Waals surface area (Å²) >= 11 is 0. The van der Waals surface area contributed by atoms with Crippen molar-refractivity contribution in [3.8, 4) is 0 Å². The lowest BCUT2D eigenvalue weighted by atomic mass is 10.7. The van der Waals surface area contributed by atoms with Gasteiger partial charge in [0.25, 0.3) is 0 Å². The lowest BCUT2D eigenvalue weighted by molar-refractivity contribution is -0.461. The molecule has 0 fully saturated rings. The summed E-state index contributed by atoms with van der Waals surface area (Å²) in [6.45, 7) is 0. The molecule has 0 saturated carbocycles. The Labute approximate surface area is 38.5 Å². The van der Waals surface area contributed by atoms with Crippen LogP contribution in [-0.2, 0) is 4.79 Å². The molecule has 0 aromatic heterocycles. The summed E-state index contributed by atoms with van der Waals surface area (Å²) in [6, 6.07) is 0. The van der Waals surface area contributed by atoms with E-state index in [1.165, 1.54) is 0 Å². The van der Waals surface area contributed by atoms with Gasteiger partial charge in [-0.2, -0.15) is 0 Å². The number of hydrogen-bond acceptors (Lipinski definition) is 3. The number of carbonyl (C=O) groups excluding carboxylic acids is 1. The molecule has 1 aliphatic heterocycles. The van der Waals surface area contributed by atoms with Gasteiger partial charge >= 0.3 is 12.1 Å². The van der Waals surface area contributed by atoms with Crippen LogP contribution < -0.4 is 0 Å². The van der Waals surface area contributed by atoms with Crippen LogP contribution in [0.5, 0.6) is 0 Å². The van der Waals surface area contributed by atoms with Crippen LogP contribution in [0, 0.1) is 5.21 Å². The van der Waals surface area contributed by atoms with Gasteiger partial charge in [-0.1, -0.05) is 0 Å². The van der Waals surface area contributed by atoms with Gasteiger partial charge in [-0.25, -0.2) is 4.79 Å². The first-order valence-corrected chi connectivity index (χ1v) is 1.48. The molecular weight excluding hydrogens is 98.0 g/mol. The first-order chi connectivity index (χ1) is 3.29. The molecule has 0 unspecified atom stereocenters. The van der Waals surface area contributed by atoms with E-state index < -0.39 is 5.91 Å². The largest absolute Gasteiger partial charge is 0.690 e. The smallest absolute Gasteiger partial charge is 0.455 e. The molecule has 0 bridgehead atoms. The highest BCUT2D eigenvalue weighted by Crippen LogP contribution is 1.84. The van der Waals surface area contributed by atoms with Gasteiger partial charge in [0.15, 0.2) is 0 Å². The molecule has 5 heteroatoms. The Morgan fingerprint density at radius 3 is 2.71 bits per heavy atom. The second-order valence-electron chi connectivity index (χ2n) is 0.879. The molecule has 1 amide bonds. The maximum absolute atomic E-state index is 9.84. The van der Waals surface area contributed by atoms with E-state index >= 15 is 0 Å². The van der Waals surface area contributed by atoms with Gasteiger partial charge in [0.2, 0.25) is 0 Å². The van der Waals surface area contributed by atoms with Gasteiger partial charge in [0.1, 0.15) is 10.3 Å². The molecule has 0 aromatic rings. The van der Waals surface area contributed by atoms with Crippen molar-refractivity contribution in [1.29, 1.82) is 0 Å². The minimum atomic E-state index is -0.727. The van der Waals surface area contributed by atoms with Crippen LogP contribution in [0.2, 0.25) is 0 Å². The molecule has 0 atom stereocenters. The van der Waals surface area contributed by atoms with Gasteiger partial charge in [-0.3, -0.25) is 0 Å². The Bertz CT molecular complexity index is 158. The SMILES string of the molecule is O=C1[C]=[N+]([O-])N=N1. The minimum Gasteiger partial charge on any atom is -0.690 e. The second kappa shape index (κ2) is 1.11. The van der Waals surface area contributed by atoms with Crippen LogP contribution in [-0.4, -0.2) is 17.0 Å². The van der Waals surface area contributed by atoms with Crippen LogP contribution in [0.4, 0.5) is 0 Å². The number of nitrogens with zero attached hydrogens (tertiary/aromatic N) is 3. The summed E-state index contributed by atoms with van der Waals surface area (Å²) < 4.78 is 0. The zero-order chi connectivity index (χ0) is 5.28. The molecule has 1 aliphatic rings. The lowest BCUT2D eigenvalue weighted by Crippen LogP contribution is -1.93. The third-order valence-electron chi connectivity index (χ3n) is 0.408. The number of amides is 1. The topological polar surface area (TPSA) is 67.9 Å². The Hall–Kier alpha value is -1.26. The molecule has 1 heterocycles. The monoisotopic (exact) mass is 98.0 g/mol. The summed E-state index contributed by atoms with van der Waals surface area (Å²) in [5.41, 5.74) is 0. The lowest BCUT2D eigenvalue weighted by Gasteiger charge is -1.83. The highest BCUT2D eigenvalue weighted by atomic mass is 16.5. The van der Waals surface area contributed by atoms with E-state index in [2.05, 4.69) is 10.3 Å². The van der Waals surface area contributed by atoms with Crippen molar-refractivity contribution in [2.45, 2.75) is 0 Å². The van der Waals surface area contributed by atoms with E-state index in [0.717, 1.165) is 0 Å². The van der Waals surface area contributed by atoms with Gasteiger partial charge < -0.3 is 5.21 Å². The second-order valence-corrected chi connectivity index (χ2v) is 0.879. The molecule has 1 radical (unpaired) electrons. The van der Waals surface area contributed by atoms with Gasteiger partial charge in [0.05, 0.1) is 0 Å². The zero-order valence-corrected chi connectivity index (χ0v) is 3.16. The molecule has 7 heavy (non-hydrogen) atoms. The summed E-state index contributed by atoms with van der Waals surface area (Å²) in [5, 5.41) is 15.3. The van der Waals surface area contributed by atoms with E-state index in [9.17, 15) is 10.0 Å². The van der Waals surface area contributed by atoms with E-state index in [1.807, 2.05) is 0 Å². The Balaban J connectivity index is 2.88. The van der Waals surface area contributed by atoms with Crippen molar-refractivity contribution < 1.29 is 9.64 Å². The number of carbonyl (C=O) groups is 1. The van der Waals surface area contributed by atoms with Crippen molar-refractivity contribution >= 4 is 12.1 Å². The van der Waals surface area contributed by atoms with Crippen molar-refractivity contribution in [2.75, 3.05) is 0 Å². The molecule has 0 saturated heterocycles. The maximum atomic E-state index is 9.84. The normalized spacial score (nSPS) is 17.7. The highest BCUT2D eigenvalue weighted by Gasteiger charge is 2.13. The van der Waals surface area contributed by atoms with Crippen molar-refractivity contribution in [3.63, 3.8) is 0 Å². The average molecular weight is 98.0 g/mol. The van der Waals surface area contributed by atoms with Crippen molar-refractivity contribution in [3.05, 3.63) is 5.21 Å². The van der Waals surface area contributed by atoms with Gasteiger partial charge in [0, 0.05) is 0 Å². The van der Waals surface area contributed by atoms with Crippen LogP contribution in [0.3, 0.4) is 0 Å². The van der Waals surface area contributed by atoms with Gasteiger partial charge in [-0.05, 0) is 0 Å². The fourth-order valence-corrected chi connectivity index (χ4v) is 0.208. The van der Waals surface area contributed by atoms with Crippen LogP contribution in [0.25, 0.3) is 0 Å². The summed E-state index contributed by atoms with van der Waals surface area (Å²) in [7, 11) is 0. The molecule has 0 aromatic carbocycles. The fourth-order valence-electron chi connectivity index (χ4n) is 0.208. The minimum absolute atomic E-state index is 0.0116. The molecular formula is C2N3O2. The predicted octanol–water partition coefficient (Wildman–Crippen LogP) is -0.648. The summed E-state index contributed by atoms with van der Waals surface area (Å²) in [6.07, 6.45) is 1.72. The van der Waals surface area contributed by atoms with Crippen LogP contribution in [0.15, 0.2) is 10.3 Å². The first-order valence-electron chi connectivity index (χ1n) is 1.48. The van der Waals surface area contributed by atoms with E-state index in [1.54, 1.807) is 6.21 Å². The molecule has 0 aliphatic carbocycles. The standard InChI is InChI=1S/C2N3O2/c6-2-1-5(7)4-3-2. The average Bonchev–Trinajstić information content (AvgIpc) is 1.87. The first kappa shape index (κ1) is 3.91. The Morgan fingerprint density at radius 2 is 2.57 bits per heavy atom. The predicted molar refractivity (Wildman–Crippen MR) is 18.5 cm³/mol. The quantitative estimate of drug-likeness (QED) is 0.298. The number of hydrogen-bond donors (Lipinski definition) is 0.